The third-order valence-corrected chi connectivity index (χ3v) is 4.31. The Hall–Kier alpha value is -0.510. The number of hydrogen-bond donors (Lipinski definition) is 1. The van der Waals surface area contributed by atoms with Crippen molar-refractivity contribution in [3.05, 3.63) is 35.9 Å². The molecular weight excluding hydrogens is 228 g/mol. The number of nitrogens with one attached hydrogen (secondary N) is 1. The van der Waals surface area contributed by atoms with Crippen LogP contribution < -0.4 is 5.32 Å². The van der Waals surface area contributed by atoms with Gasteiger partial charge in [-0.05, 0) is 24.8 Å². The summed E-state index contributed by atoms with van der Waals surface area (Å²) in [7, 11) is 2.19. The summed E-state index contributed by atoms with van der Waals surface area (Å²) in [5, 5.41) is 3.64. The van der Waals surface area contributed by atoms with Crippen LogP contribution in [0, 0.1) is 0 Å². The molecule has 0 aliphatic carbocycles. The van der Waals surface area contributed by atoms with Crippen molar-refractivity contribution in [3.8, 4) is 0 Å². The van der Waals surface area contributed by atoms with Crippen LogP contribution in [-0.2, 0) is 6.54 Å². The van der Waals surface area contributed by atoms with Crippen LogP contribution in [-0.4, -0.2) is 42.6 Å². The summed E-state index contributed by atoms with van der Waals surface area (Å²) in [5.74, 6) is 2.62. The number of nitrogens with zero attached hydrogens (tertiary/aromatic N) is 1. The first-order valence-electron chi connectivity index (χ1n) is 6.38. The molecule has 1 aliphatic heterocycles. The molecule has 94 valence electrons. The van der Waals surface area contributed by atoms with Crippen molar-refractivity contribution in [1.29, 1.82) is 0 Å². The average Bonchev–Trinajstić information content (AvgIpc) is 2.83. The van der Waals surface area contributed by atoms with Crippen molar-refractivity contribution in [2.45, 2.75) is 19.0 Å². The van der Waals surface area contributed by atoms with Crippen LogP contribution in [0.5, 0.6) is 0 Å². The molecule has 0 bridgehead atoms. The van der Waals surface area contributed by atoms with Crippen LogP contribution in [0.25, 0.3) is 0 Å². The lowest BCUT2D eigenvalue weighted by Gasteiger charge is -2.18. The average molecular weight is 250 g/mol. The molecule has 0 amide bonds. The molecule has 1 saturated heterocycles. The SMILES string of the molecule is CN(CCN[C@@H]1CCSC1)Cc1ccccc1. The Labute approximate surface area is 109 Å². The van der Waals surface area contributed by atoms with Crippen molar-refractivity contribution in [3.63, 3.8) is 0 Å². The molecule has 1 aromatic carbocycles. The lowest BCUT2D eigenvalue weighted by molar-refractivity contribution is 0.319. The zero-order valence-electron chi connectivity index (χ0n) is 10.6. The van der Waals surface area contributed by atoms with Gasteiger partial charge in [0.1, 0.15) is 0 Å². The van der Waals surface area contributed by atoms with Gasteiger partial charge in [-0.3, -0.25) is 0 Å². The molecule has 1 fully saturated rings. The quantitative estimate of drug-likeness (QED) is 0.833. The Kier molecular flexibility index (Phi) is 5.36. The first-order chi connectivity index (χ1) is 8.34. The predicted octanol–water partition coefficient (Wildman–Crippen LogP) is 2.21. The molecule has 2 rings (SSSR count). The fourth-order valence-corrected chi connectivity index (χ4v) is 3.32. The Morgan fingerprint density at radius 1 is 1.35 bits per heavy atom. The van der Waals surface area contributed by atoms with Gasteiger partial charge >= 0.3 is 0 Å². The van der Waals surface area contributed by atoms with Crippen LogP contribution in [0.4, 0.5) is 0 Å². The van der Waals surface area contributed by atoms with Crippen LogP contribution in [0.3, 0.4) is 0 Å². The van der Waals surface area contributed by atoms with Gasteiger partial charge < -0.3 is 10.2 Å². The Morgan fingerprint density at radius 2 is 2.18 bits per heavy atom. The first kappa shape index (κ1) is 12.9. The summed E-state index contributed by atoms with van der Waals surface area (Å²) < 4.78 is 0. The monoisotopic (exact) mass is 250 g/mol. The van der Waals surface area contributed by atoms with E-state index in [-0.39, 0.29) is 0 Å². The summed E-state index contributed by atoms with van der Waals surface area (Å²) in [6, 6.07) is 11.4. The standard InChI is InChI=1S/C14H22N2S/c1-16(11-13-5-3-2-4-6-13)9-8-15-14-7-10-17-12-14/h2-6,14-15H,7-12H2,1H3/t14-/m1/s1. The molecule has 3 heteroatoms. The minimum atomic E-state index is 0.755. The highest BCUT2D eigenvalue weighted by atomic mass is 32.2. The minimum absolute atomic E-state index is 0.755. The number of likely N-dealkylation sites (N-methyl/N-ethyl adjacent to an activating group) is 1. The zero-order valence-corrected chi connectivity index (χ0v) is 11.4. The van der Waals surface area contributed by atoms with Gasteiger partial charge in [-0.15, -0.1) is 0 Å². The first-order valence-corrected chi connectivity index (χ1v) is 7.53. The predicted molar refractivity (Wildman–Crippen MR) is 76.5 cm³/mol. The van der Waals surface area contributed by atoms with E-state index in [0.717, 1.165) is 25.7 Å². The fourth-order valence-electron chi connectivity index (χ4n) is 2.13. The van der Waals surface area contributed by atoms with E-state index in [2.05, 4.69) is 59.4 Å². The number of benzene rings is 1. The molecule has 0 unspecified atom stereocenters. The summed E-state index contributed by atoms with van der Waals surface area (Å²) in [5.41, 5.74) is 1.39. The smallest absolute Gasteiger partial charge is 0.0231 e. The van der Waals surface area contributed by atoms with Gasteiger partial charge in [0.15, 0.2) is 0 Å². The number of rotatable bonds is 6. The van der Waals surface area contributed by atoms with E-state index in [4.69, 9.17) is 0 Å². The summed E-state index contributed by atoms with van der Waals surface area (Å²) in [6.45, 7) is 3.27. The highest BCUT2D eigenvalue weighted by Gasteiger charge is 2.14. The van der Waals surface area contributed by atoms with Crippen LogP contribution in [0.2, 0.25) is 0 Å². The van der Waals surface area contributed by atoms with Crippen molar-refractivity contribution in [2.75, 3.05) is 31.6 Å². The van der Waals surface area contributed by atoms with Gasteiger partial charge in [-0.25, -0.2) is 0 Å². The fraction of sp³-hybridized carbons (Fsp3) is 0.571. The maximum Gasteiger partial charge on any atom is 0.0231 e. The maximum atomic E-state index is 3.64. The second kappa shape index (κ2) is 7.04. The topological polar surface area (TPSA) is 15.3 Å². The van der Waals surface area contributed by atoms with Gasteiger partial charge in [-0.1, -0.05) is 30.3 Å². The molecule has 0 spiro atoms. The number of hydrogen-bond acceptors (Lipinski definition) is 3. The molecule has 1 aliphatic rings. The Bertz CT molecular complexity index is 309. The van der Waals surface area contributed by atoms with Gasteiger partial charge in [0.05, 0.1) is 0 Å². The summed E-state index contributed by atoms with van der Waals surface area (Å²) in [6.07, 6.45) is 1.34. The van der Waals surface area contributed by atoms with E-state index in [1.165, 1.54) is 23.5 Å². The lowest BCUT2D eigenvalue weighted by Crippen LogP contribution is -2.35. The van der Waals surface area contributed by atoms with E-state index in [1.807, 2.05) is 0 Å². The summed E-state index contributed by atoms with van der Waals surface area (Å²) >= 11 is 2.07. The van der Waals surface area contributed by atoms with Crippen molar-refractivity contribution in [1.82, 2.24) is 10.2 Å². The molecule has 0 radical (unpaired) electrons. The van der Waals surface area contributed by atoms with E-state index >= 15 is 0 Å². The van der Waals surface area contributed by atoms with Gasteiger partial charge in [0.25, 0.3) is 0 Å². The Balaban J connectivity index is 1.62. The molecule has 1 N–H and O–H groups in total. The molecule has 2 nitrogen and oxygen atoms in total. The van der Waals surface area contributed by atoms with E-state index < -0.39 is 0 Å². The molecule has 1 aromatic rings. The second-order valence-electron chi connectivity index (χ2n) is 4.74. The van der Waals surface area contributed by atoms with E-state index in [9.17, 15) is 0 Å². The highest BCUT2D eigenvalue weighted by molar-refractivity contribution is 7.99. The van der Waals surface area contributed by atoms with Gasteiger partial charge in [-0.2, -0.15) is 11.8 Å². The summed E-state index contributed by atoms with van der Waals surface area (Å²) in [4.78, 5) is 2.38. The highest BCUT2D eigenvalue weighted by Crippen LogP contribution is 2.16. The van der Waals surface area contributed by atoms with Crippen molar-refractivity contribution in [2.24, 2.45) is 0 Å². The third-order valence-electron chi connectivity index (χ3n) is 3.15. The molecule has 0 aromatic heterocycles. The van der Waals surface area contributed by atoms with Crippen LogP contribution >= 0.6 is 11.8 Å². The van der Waals surface area contributed by atoms with Gasteiger partial charge in [0, 0.05) is 31.4 Å². The lowest BCUT2D eigenvalue weighted by atomic mass is 10.2. The maximum absolute atomic E-state index is 3.64. The van der Waals surface area contributed by atoms with Gasteiger partial charge in [0.2, 0.25) is 0 Å². The van der Waals surface area contributed by atoms with E-state index in [1.54, 1.807) is 0 Å². The van der Waals surface area contributed by atoms with Crippen LogP contribution in [0.15, 0.2) is 30.3 Å². The van der Waals surface area contributed by atoms with E-state index in [0.29, 0.717) is 0 Å². The second-order valence-corrected chi connectivity index (χ2v) is 5.89. The molecule has 1 heterocycles. The Morgan fingerprint density at radius 3 is 2.88 bits per heavy atom. The minimum Gasteiger partial charge on any atom is -0.312 e. The molecule has 17 heavy (non-hydrogen) atoms. The molecule has 0 saturated carbocycles. The number of thioether (sulfide) groups is 1. The normalized spacial score (nSPS) is 20.0. The van der Waals surface area contributed by atoms with Crippen molar-refractivity contribution < 1.29 is 0 Å². The zero-order chi connectivity index (χ0) is 11.9. The van der Waals surface area contributed by atoms with Crippen LogP contribution in [0.1, 0.15) is 12.0 Å². The largest absolute Gasteiger partial charge is 0.312 e. The molecular formula is C14H22N2S. The third kappa shape index (κ3) is 4.70. The van der Waals surface area contributed by atoms with Crippen molar-refractivity contribution >= 4 is 11.8 Å². The molecule has 1 atom stereocenters.